The molecule has 1 heterocycles. The lowest BCUT2D eigenvalue weighted by Gasteiger charge is -2.04. The number of nitrogens with two attached hydrogens (primary N) is 1. The van der Waals surface area contributed by atoms with Gasteiger partial charge in [-0.05, 0) is 30.3 Å². The molecule has 0 amide bonds. The van der Waals surface area contributed by atoms with Crippen molar-refractivity contribution in [3.05, 3.63) is 48.5 Å². The first kappa shape index (κ1) is 14.0. The van der Waals surface area contributed by atoms with E-state index in [1.54, 1.807) is 36.4 Å². The summed E-state index contributed by atoms with van der Waals surface area (Å²) in [5.74, 6) is 0.599. The van der Waals surface area contributed by atoms with Gasteiger partial charge in [0.2, 0.25) is 5.82 Å². The summed E-state index contributed by atoms with van der Waals surface area (Å²) in [6.07, 6.45) is 0. The van der Waals surface area contributed by atoms with Crippen molar-refractivity contribution in [3.63, 3.8) is 0 Å². The van der Waals surface area contributed by atoms with Gasteiger partial charge in [0.1, 0.15) is 5.75 Å². The predicted octanol–water partition coefficient (Wildman–Crippen LogP) is 3.59. The molecule has 0 aliphatic carbocycles. The molecule has 0 unspecified atom stereocenters. The molecule has 1 aromatic heterocycles. The van der Waals surface area contributed by atoms with Gasteiger partial charge in [-0.3, -0.25) is 0 Å². The van der Waals surface area contributed by atoms with Gasteiger partial charge >= 0.3 is 6.61 Å². The Morgan fingerprint density at radius 3 is 2.59 bits per heavy atom. The number of benzene rings is 2. The first-order valence-electron chi connectivity index (χ1n) is 6.37. The molecule has 2 aromatic carbocycles. The number of rotatable bonds is 4. The molecule has 5 nitrogen and oxygen atoms in total. The summed E-state index contributed by atoms with van der Waals surface area (Å²) in [7, 11) is 0. The quantitative estimate of drug-likeness (QED) is 0.746. The first-order valence-corrected chi connectivity index (χ1v) is 6.37. The van der Waals surface area contributed by atoms with Crippen LogP contribution in [0.2, 0.25) is 0 Å². The first-order chi connectivity index (χ1) is 10.6. The van der Waals surface area contributed by atoms with E-state index in [0.717, 1.165) is 0 Å². The summed E-state index contributed by atoms with van der Waals surface area (Å²) >= 11 is 0. The number of nitrogens with zero attached hydrogens (tertiary/aromatic N) is 2. The second-order valence-electron chi connectivity index (χ2n) is 4.45. The van der Waals surface area contributed by atoms with Gasteiger partial charge in [0.05, 0.1) is 0 Å². The zero-order valence-corrected chi connectivity index (χ0v) is 11.2. The average Bonchev–Trinajstić information content (AvgIpc) is 2.97. The van der Waals surface area contributed by atoms with Gasteiger partial charge in [0.25, 0.3) is 5.89 Å². The molecule has 7 heteroatoms. The highest BCUT2D eigenvalue weighted by atomic mass is 19.3. The van der Waals surface area contributed by atoms with Crippen LogP contribution in [0.15, 0.2) is 53.1 Å². The van der Waals surface area contributed by atoms with Gasteiger partial charge in [-0.1, -0.05) is 23.4 Å². The van der Waals surface area contributed by atoms with Crippen LogP contribution in [-0.2, 0) is 0 Å². The van der Waals surface area contributed by atoms with E-state index >= 15 is 0 Å². The highest BCUT2D eigenvalue weighted by Gasteiger charge is 2.12. The Bertz CT molecular complexity index is 790. The zero-order chi connectivity index (χ0) is 15.5. The maximum atomic E-state index is 12.2. The van der Waals surface area contributed by atoms with Crippen LogP contribution >= 0.6 is 0 Å². The van der Waals surface area contributed by atoms with Crippen molar-refractivity contribution in [3.8, 4) is 28.6 Å². The van der Waals surface area contributed by atoms with Gasteiger partial charge in [-0.15, -0.1) is 0 Å². The van der Waals surface area contributed by atoms with Crippen molar-refractivity contribution in [2.75, 3.05) is 5.73 Å². The van der Waals surface area contributed by atoms with Crippen LogP contribution in [-0.4, -0.2) is 16.8 Å². The average molecular weight is 303 g/mol. The standard InChI is InChI=1S/C15H11F2N3O2/c16-15(17)21-12-6-2-3-9(8-12)13-19-14(22-20-13)10-4-1-5-11(18)7-10/h1-8,15H,18H2. The molecule has 3 aromatic rings. The van der Waals surface area contributed by atoms with E-state index in [9.17, 15) is 8.78 Å². The molecule has 0 spiro atoms. The lowest BCUT2D eigenvalue weighted by Crippen LogP contribution is -2.01. The van der Waals surface area contributed by atoms with Gasteiger partial charge in [-0.25, -0.2) is 0 Å². The van der Waals surface area contributed by atoms with Crippen molar-refractivity contribution >= 4 is 5.69 Å². The van der Waals surface area contributed by atoms with Crippen molar-refractivity contribution in [1.82, 2.24) is 10.1 Å². The molecule has 0 radical (unpaired) electrons. The maximum absolute atomic E-state index is 12.2. The SMILES string of the molecule is Nc1cccc(-c2nc(-c3cccc(OC(F)F)c3)no2)c1. The van der Waals surface area contributed by atoms with Crippen molar-refractivity contribution in [2.45, 2.75) is 6.61 Å². The van der Waals surface area contributed by atoms with Crippen LogP contribution in [0.1, 0.15) is 0 Å². The monoisotopic (exact) mass is 303 g/mol. The molecule has 0 fully saturated rings. The van der Waals surface area contributed by atoms with Crippen LogP contribution in [0.5, 0.6) is 5.75 Å². The van der Waals surface area contributed by atoms with Crippen LogP contribution in [0.4, 0.5) is 14.5 Å². The Kier molecular flexibility index (Phi) is 3.69. The van der Waals surface area contributed by atoms with E-state index in [1.165, 1.54) is 12.1 Å². The molecule has 0 saturated heterocycles. The molecular formula is C15H11F2N3O2. The molecule has 0 saturated carbocycles. The molecule has 2 N–H and O–H groups in total. The lowest BCUT2D eigenvalue weighted by molar-refractivity contribution is -0.0498. The summed E-state index contributed by atoms with van der Waals surface area (Å²) in [6, 6.07) is 13.1. The van der Waals surface area contributed by atoms with E-state index < -0.39 is 6.61 Å². The topological polar surface area (TPSA) is 74.2 Å². The fourth-order valence-corrected chi connectivity index (χ4v) is 1.94. The molecular weight excluding hydrogens is 292 g/mol. The fourth-order valence-electron chi connectivity index (χ4n) is 1.94. The number of halogens is 2. The van der Waals surface area contributed by atoms with Gasteiger partial charge in [-0.2, -0.15) is 13.8 Å². The molecule has 22 heavy (non-hydrogen) atoms. The number of ether oxygens (including phenoxy) is 1. The minimum absolute atomic E-state index is 0.0304. The molecule has 0 aliphatic rings. The minimum atomic E-state index is -2.89. The Labute approximate surface area is 124 Å². The lowest BCUT2D eigenvalue weighted by atomic mass is 10.2. The molecule has 0 atom stereocenters. The third-order valence-electron chi connectivity index (χ3n) is 2.88. The van der Waals surface area contributed by atoms with E-state index in [4.69, 9.17) is 10.3 Å². The van der Waals surface area contributed by atoms with Crippen molar-refractivity contribution in [1.29, 1.82) is 0 Å². The van der Waals surface area contributed by atoms with E-state index in [0.29, 0.717) is 22.7 Å². The van der Waals surface area contributed by atoms with Crippen LogP contribution < -0.4 is 10.5 Å². The van der Waals surface area contributed by atoms with Gasteiger partial charge in [0.15, 0.2) is 0 Å². The highest BCUT2D eigenvalue weighted by molar-refractivity contribution is 5.63. The summed E-state index contributed by atoms with van der Waals surface area (Å²) in [5.41, 5.74) is 7.47. The van der Waals surface area contributed by atoms with E-state index in [2.05, 4.69) is 14.9 Å². The summed E-state index contributed by atoms with van der Waals surface area (Å²) in [4.78, 5) is 4.24. The Morgan fingerprint density at radius 1 is 1.05 bits per heavy atom. The zero-order valence-electron chi connectivity index (χ0n) is 11.2. The molecule has 112 valence electrons. The van der Waals surface area contributed by atoms with E-state index in [1.807, 2.05) is 0 Å². The van der Waals surface area contributed by atoms with Crippen molar-refractivity contribution < 1.29 is 18.0 Å². The molecule has 0 bridgehead atoms. The Hall–Kier alpha value is -2.96. The smallest absolute Gasteiger partial charge is 0.387 e. The summed E-state index contributed by atoms with van der Waals surface area (Å²) in [5, 5.41) is 3.84. The second kappa shape index (κ2) is 5.80. The second-order valence-corrected chi connectivity index (χ2v) is 4.45. The fraction of sp³-hybridized carbons (Fsp3) is 0.0667. The Balaban J connectivity index is 1.91. The van der Waals surface area contributed by atoms with Gasteiger partial charge in [0, 0.05) is 16.8 Å². The van der Waals surface area contributed by atoms with Gasteiger partial charge < -0.3 is 15.0 Å². The molecule has 0 aliphatic heterocycles. The number of hydrogen-bond acceptors (Lipinski definition) is 5. The number of aromatic nitrogens is 2. The third kappa shape index (κ3) is 3.03. The number of anilines is 1. The third-order valence-corrected chi connectivity index (χ3v) is 2.88. The minimum Gasteiger partial charge on any atom is -0.435 e. The maximum Gasteiger partial charge on any atom is 0.387 e. The van der Waals surface area contributed by atoms with Crippen LogP contribution in [0, 0.1) is 0 Å². The largest absolute Gasteiger partial charge is 0.435 e. The number of hydrogen-bond donors (Lipinski definition) is 1. The summed E-state index contributed by atoms with van der Waals surface area (Å²) in [6.45, 7) is -2.89. The van der Waals surface area contributed by atoms with E-state index in [-0.39, 0.29) is 11.6 Å². The number of alkyl halides is 2. The highest BCUT2D eigenvalue weighted by Crippen LogP contribution is 2.26. The predicted molar refractivity (Wildman–Crippen MR) is 76.2 cm³/mol. The molecule has 3 rings (SSSR count). The van der Waals surface area contributed by atoms with Crippen LogP contribution in [0.3, 0.4) is 0 Å². The summed E-state index contributed by atoms with van der Waals surface area (Å²) < 4.78 is 34.0. The Morgan fingerprint density at radius 2 is 1.82 bits per heavy atom. The normalized spacial score (nSPS) is 10.9. The van der Waals surface area contributed by atoms with Crippen molar-refractivity contribution in [2.24, 2.45) is 0 Å². The number of nitrogen functional groups attached to an aromatic ring is 1. The van der Waals surface area contributed by atoms with Crippen LogP contribution in [0.25, 0.3) is 22.8 Å².